The van der Waals surface area contributed by atoms with Crippen molar-refractivity contribution in [3.8, 4) is 11.5 Å². The van der Waals surface area contributed by atoms with Crippen molar-refractivity contribution in [1.82, 2.24) is 4.90 Å². The van der Waals surface area contributed by atoms with Crippen LogP contribution in [0, 0.1) is 0 Å². The van der Waals surface area contributed by atoms with E-state index in [0.29, 0.717) is 30.3 Å². The van der Waals surface area contributed by atoms with Gasteiger partial charge in [0.05, 0.1) is 10.7 Å². The Balaban J connectivity index is 1.71. The molecule has 4 nitrogen and oxygen atoms in total. The van der Waals surface area contributed by atoms with Crippen LogP contribution in [0.3, 0.4) is 0 Å². The van der Waals surface area contributed by atoms with Crippen molar-refractivity contribution in [2.24, 2.45) is 0 Å². The van der Waals surface area contributed by atoms with Gasteiger partial charge in [-0.25, -0.2) is 0 Å². The normalized spacial score (nSPS) is 22.3. The van der Waals surface area contributed by atoms with Crippen LogP contribution in [-0.2, 0) is 0 Å². The highest BCUT2D eigenvalue weighted by atomic mass is 35.5. The van der Waals surface area contributed by atoms with E-state index in [-0.39, 0.29) is 0 Å². The van der Waals surface area contributed by atoms with E-state index in [9.17, 15) is 0 Å². The van der Waals surface area contributed by atoms with Crippen LogP contribution >= 0.6 is 11.6 Å². The minimum absolute atomic E-state index is 0.442. The molecule has 1 unspecified atom stereocenters. The number of nitrogens with one attached hydrogen (secondary N) is 1. The summed E-state index contributed by atoms with van der Waals surface area (Å²) in [7, 11) is 0. The van der Waals surface area contributed by atoms with Gasteiger partial charge in [0.2, 0.25) is 0 Å². The van der Waals surface area contributed by atoms with Gasteiger partial charge in [-0.3, -0.25) is 4.90 Å². The molecule has 5 heteroatoms. The predicted octanol–water partition coefficient (Wildman–Crippen LogP) is 3.01. The first-order valence-electron chi connectivity index (χ1n) is 7.23. The Kier molecular flexibility index (Phi) is 3.94. The fourth-order valence-corrected chi connectivity index (χ4v) is 2.98. The van der Waals surface area contributed by atoms with E-state index >= 15 is 0 Å². The van der Waals surface area contributed by atoms with E-state index in [4.69, 9.17) is 21.1 Å². The summed E-state index contributed by atoms with van der Waals surface area (Å²) in [5.41, 5.74) is 0.937. The molecular formula is C15H21ClN2O2. The maximum atomic E-state index is 6.33. The Morgan fingerprint density at radius 1 is 1.25 bits per heavy atom. The predicted molar refractivity (Wildman–Crippen MR) is 81.2 cm³/mol. The Hall–Kier alpha value is -1.13. The molecule has 1 saturated heterocycles. The fourth-order valence-electron chi connectivity index (χ4n) is 2.77. The zero-order valence-electron chi connectivity index (χ0n) is 12.0. The smallest absolute Gasteiger partial charge is 0.163 e. The molecule has 1 aromatic rings. The molecule has 2 aliphatic rings. The third kappa shape index (κ3) is 2.81. The van der Waals surface area contributed by atoms with Crippen molar-refractivity contribution >= 4 is 17.3 Å². The maximum absolute atomic E-state index is 6.33. The molecular weight excluding hydrogens is 276 g/mol. The summed E-state index contributed by atoms with van der Waals surface area (Å²) >= 11 is 6.33. The first-order valence-corrected chi connectivity index (χ1v) is 7.61. The molecule has 1 aromatic carbocycles. The molecule has 0 spiro atoms. The number of ether oxygens (including phenoxy) is 2. The first kappa shape index (κ1) is 13.8. The highest BCUT2D eigenvalue weighted by Gasteiger charge is 2.25. The SMILES string of the molecule is CC(C)N1CCC(Nc2cc3c(cc2Cl)OCCO3)C1. The molecule has 0 radical (unpaired) electrons. The Bertz CT molecular complexity index is 493. The molecule has 2 heterocycles. The lowest BCUT2D eigenvalue weighted by molar-refractivity contribution is 0.171. The van der Waals surface area contributed by atoms with Gasteiger partial charge >= 0.3 is 0 Å². The van der Waals surface area contributed by atoms with Crippen LogP contribution in [-0.4, -0.2) is 43.3 Å². The molecule has 110 valence electrons. The fraction of sp³-hybridized carbons (Fsp3) is 0.600. The molecule has 0 bridgehead atoms. The van der Waals surface area contributed by atoms with Gasteiger partial charge in [0, 0.05) is 37.3 Å². The van der Waals surface area contributed by atoms with Gasteiger partial charge < -0.3 is 14.8 Å². The van der Waals surface area contributed by atoms with Crippen molar-refractivity contribution in [2.45, 2.75) is 32.4 Å². The van der Waals surface area contributed by atoms with E-state index in [1.807, 2.05) is 12.1 Å². The van der Waals surface area contributed by atoms with Crippen molar-refractivity contribution < 1.29 is 9.47 Å². The first-order chi connectivity index (χ1) is 9.63. The number of hydrogen-bond acceptors (Lipinski definition) is 4. The van der Waals surface area contributed by atoms with Gasteiger partial charge in [-0.2, -0.15) is 0 Å². The molecule has 1 N–H and O–H groups in total. The molecule has 0 amide bonds. The number of rotatable bonds is 3. The lowest BCUT2D eigenvalue weighted by Crippen LogP contribution is -2.31. The summed E-state index contributed by atoms with van der Waals surface area (Å²) in [6.07, 6.45) is 1.14. The average Bonchev–Trinajstić information content (AvgIpc) is 2.88. The van der Waals surface area contributed by atoms with Crippen molar-refractivity contribution in [3.63, 3.8) is 0 Å². The van der Waals surface area contributed by atoms with E-state index in [1.54, 1.807) is 0 Å². The van der Waals surface area contributed by atoms with Gasteiger partial charge in [0.1, 0.15) is 13.2 Å². The highest BCUT2D eigenvalue weighted by Crippen LogP contribution is 2.38. The van der Waals surface area contributed by atoms with Crippen LogP contribution < -0.4 is 14.8 Å². The highest BCUT2D eigenvalue weighted by molar-refractivity contribution is 6.33. The molecule has 2 aliphatic heterocycles. The third-order valence-electron chi connectivity index (χ3n) is 3.94. The summed E-state index contributed by atoms with van der Waals surface area (Å²) in [6.45, 7) is 7.85. The zero-order chi connectivity index (χ0) is 14.1. The monoisotopic (exact) mass is 296 g/mol. The lowest BCUT2D eigenvalue weighted by atomic mass is 10.2. The van der Waals surface area contributed by atoms with Crippen LogP contribution in [0.4, 0.5) is 5.69 Å². The van der Waals surface area contributed by atoms with Gasteiger partial charge in [-0.05, 0) is 20.3 Å². The second-order valence-electron chi connectivity index (χ2n) is 5.69. The number of benzene rings is 1. The number of hydrogen-bond donors (Lipinski definition) is 1. The zero-order valence-corrected chi connectivity index (χ0v) is 12.7. The van der Waals surface area contributed by atoms with Crippen LogP contribution in [0.25, 0.3) is 0 Å². The van der Waals surface area contributed by atoms with Crippen molar-refractivity contribution in [3.05, 3.63) is 17.2 Å². The molecule has 0 aromatic heterocycles. The van der Waals surface area contributed by atoms with Crippen molar-refractivity contribution in [1.29, 1.82) is 0 Å². The third-order valence-corrected chi connectivity index (χ3v) is 4.25. The second kappa shape index (κ2) is 5.70. The van der Waals surface area contributed by atoms with E-state index in [0.717, 1.165) is 36.7 Å². The summed E-state index contributed by atoms with van der Waals surface area (Å²) in [5, 5.41) is 4.23. The van der Waals surface area contributed by atoms with Crippen molar-refractivity contribution in [2.75, 3.05) is 31.6 Å². The quantitative estimate of drug-likeness (QED) is 0.930. The van der Waals surface area contributed by atoms with Gasteiger partial charge in [-0.1, -0.05) is 11.6 Å². The average molecular weight is 297 g/mol. The number of nitrogens with zero attached hydrogens (tertiary/aromatic N) is 1. The van der Waals surface area contributed by atoms with E-state index in [2.05, 4.69) is 24.1 Å². The van der Waals surface area contributed by atoms with E-state index in [1.165, 1.54) is 0 Å². The van der Waals surface area contributed by atoms with Crippen LogP contribution in [0.2, 0.25) is 5.02 Å². The molecule has 3 rings (SSSR count). The Morgan fingerprint density at radius 3 is 2.60 bits per heavy atom. The van der Waals surface area contributed by atoms with Crippen LogP contribution in [0.5, 0.6) is 11.5 Å². The molecule has 1 atom stereocenters. The summed E-state index contributed by atoms with van der Waals surface area (Å²) in [6, 6.07) is 4.83. The number of halogens is 1. The molecule has 0 saturated carbocycles. The van der Waals surface area contributed by atoms with E-state index < -0.39 is 0 Å². The van der Waals surface area contributed by atoms with Gasteiger partial charge in [-0.15, -0.1) is 0 Å². The maximum Gasteiger partial charge on any atom is 0.163 e. The summed E-state index contributed by atoms with van der Waals surface area (Å²) < 4.78 is 11.1. The van der Waals surface area contributed by atoms with Crippen LogP contribution in [0.15, 0.2) is 12.1 Å². The van der Waals surface area contributed by atoms with Gasteiger partial charge in [0.25, 0.3) is 0 Å². The lowest BCUT2D eigenvalue weighted by Gasteiger charge is -2.23. The summed E-state index contributed by atoms with van der Waals surface area (Å²) in [4.78, 5) is 2.48. The minimum Gasteiger partial charge on any atom is -0.486 e. The molecule has 0 aliphatic carbocycles. The minimum atomic E-state index is 0.442. The van der Waals surface area contributed by atoms with Gasteiger partial charge in [0.15, 0.2) is 11.5 Å². The molecule has 1 fully saturated rings. The molecule has 20 heavy (non-hydrogen) atoms. The largest absolute Gasteiger partial charge is 0.486 e. The number of likely N-dealkylation sites (tertiary alicyclic amines) is 1. The second-order valence-corrected chi connectivity index (χ2v) is 6.10. The summed E-state index contributed by atoms with van der Waals surface area (Å²) in [5.74, 6) is 1.52. The number of fused-ring (bicyclic) bond motifs is 1. The topological polar surface area (TPSA) is 33.7 Å². The Morgan fingerprint density at radius 2 is 1.95 bits per heavy atom. The Labute approximate surface area is 125 Å². The standard InChI is InChI=1S/C15H21ClN2O2/c1-10(2)18-4-3-11(9-18)17-13-8-15-14(7-12(13)16)19-5-6-20-15/h7-8,10-11,17H,3-6,9H2,1-2H3. The number of anilines is 1. The van der Waals surface area contributed by atoms with Crippen LogP contribution in [0.1, 0.15) is 20.3 Å².